The molecule has 0 heterocycles. The van der Waals surface area contributed by atoms with Crippen LogP contribution in [0.3, 0.4) is 0 Å². The molecule has 0 bridgehead atoms. The van der Waals surface area contributed by atoms with E-state index in [9.17, 15) is 14.7 Å². The Bertz CT molecular complexity index is 872. The topological polar surface area (TPSA) is 100 Å². The number of hydrogen-bond donors (Lipinski definition) is 3. The van der Waals surface area contributed by atoms with E-state index in [0.717, 1.165) is 0 Å². The molecule has 0 aromatic heterocycles. The minimum absolute atomic E-state index is 0.0906. The van der Waals surface area contributed by atoms with E-state index in [1.807, 2.05) is 0 Å². The zero-order valence-electron chi connectivity index (χ0n) is 14.3. The van der Waals surface area contributed by atoms with E-state index in [4.69, 9.17) is 27.9 Å². The minimum atomic E-state index is -0.606. The Morgan fingerprint density at radius 1 is 1.19 bits per heavy atom. The van der Waals surface area contributed by atoms with Gasteiger partial charge in [-0.05, 0) is 36.8 Å². The van der Waals surface area contributed by atoms with Crippen molar-refractivity contribution in [3.63, 3.8) is 0 Å². The average Bonchev–Trinajstić information content (AvgIpc) is 2.61. The molecule has 0 saturated carbocycles. The summed E-state index contributed by atoms with van der Waals surface area (Å²) in [6.07, 6.45) is 0.890. The second-order valence-electron chi connectivity index (χ2n) is 5.28. The molecule has 3 N–H and O–H groups in total. The van der Waals surface area contributed by atoms with E-state index in [0.29, 0.717) is 22.9 Å². The maximum atomic E-state index is 11.9. The molecule has 0 unspecified atom stereocenters. The quantitative estimate of drug-likeness (QED) is 0.369. The van der Waals surface area contributed by atoms with Crippen molar-refractivity contribution in [1.82, 2.24) is 5.43 Å². The number of nitrogens with zero attached hydrogens (tertiary/aromatic N) is 1. The first kappa shape index (κ1) is 20.5. The number of hydrazone groups is 1. The van der Waals surface area contributed by atoms with Crippen molar-refractivity contribution in [3.05, 3.63) is 52.0 Å². The lowest BCUT2D eigenvalue weighted by Crippen LogP contribution is -2.24. The van der Waals surface area contributed by atoms with Crippen LogP contribution in [0, 0.1) is 0 Å². The first-order valence-electron chi connectivity index (χ1n) is 7.92. The van der Waals surface area contributed by atoms with Gasteiger partial charge in [0.05, 0.1) is 28.6 Å². The molecular formula is C18H17Cl2N3O4. The molecule has 0 atom stereocenters. The number of phenolic OH excluding ortho intramolecular Hbond substituents is 1. The molecular weight excluding hydrogens is 393 g/mol. The predicted molar refractivity (Wildman–Crippen MR) is 105 cm³/mol. The normalized spacial score (nSPS) is 10.6. The molecule has 2 rings (SSSR count). The SMILES string of the molecule is CCOc1cc(C=NNC(=O)CC(=O)Nc2ccccc2Cl)cc(Cl)c1O. The van der Waals surface area contributed by atoms with E-state index < -0.39 is 18.2 Å². The van der Waals surface area contributed by atoms with E-state index in [2.05, 4.69) is 15.8 Å². The third kappa shape index (κ3) is 6.16. The zero-order valence-corrected chi connectivity index (χ0v) is 15.8. The van der Waals surface area contributed by atoms with Crippen LogP contribution >= 0.6 is 23.2 Å². The Morgan fingerprint density at radius 2 is 1.93 bits per heavy atom. The van der Waals surface area contributed by atoms with Gasteiger partial charge in [-0.1, -0.05) is 35.3 Å². The summed E-state index contributed by atoms with van der Waals surface area (Å²) in [5.41, 5.74) is 3.16. The predicted octanol–water partition coefficient (Wildman–Crippen LogP) is 3.58. The van der Waals surface area contributed by atoms with Gasteiger partial charge in [-0.2, -0.15) is 5.10 Å². The molecule has 27 heavy (non-hydrogen) atoms. The highest BCUT2D eigenvalue weighted by Gasteiger charge is 2.11. The van der Waals surface area contributed by atoms with Crippen molar-refractivity contribution >= 4 is 46.9 Å². The molecule has 2 aromatic carbocycles. The molecule has 0 radical (unpaired) electrons. The van der Waals surface area contributed by atoms with Crippen molar-refractivity contribution in [2.24, 2.45) is 5.10 Å². The van der Waals surface area contributed by atoms with Crippen molar-refractivity contribution in [1.29, 1.82) is 0 Å². The van der Waals surface area contributed by atoms with Gasteiger partial charge in [0.15, 0.2) is 11.5 Å². The van der Waals surface area contributed by atoms with Gasteiger partial charge in [0, 0.05) is 0 Å². The number of halogens is 2. The Hall–Kier alpha value is -2.77. The lowest BCUT2D eigenvalue weighted by atomic mass is 10.2. The molecule has 0 fully saturated rings. The van der Waals surface area contributed by atoms with E-state index in [1.54, 1.807) is 31.2 Å². The third-order valence-corrected chi connectivity index (χ3v) is 3.84. The van der Waals surface area contributed by atoms with Crippen molar-refractivity contribution in [2.75, 3.05) is 11.9 Å². The molecule has 2 amide bonds. The lowest BCUT2D eigenvalue weighted by molar-refractivity contribution is -0.126. The highest BCUT2D eigenvalue weighted by molar-refractivity contribution is 6.33. The van der Waals surface area contributed by atoms with Gasteiger partial charge in [-0.15, -0.1) is 0 Å². The van der Waals surface area contributed by atoms with Crippen LogP contribution in [0.4, 0.5) is 5.69 Å². The summed E-state index contributed by atoms with van der Waals surface area (Å²) in [6.45, 7) is 2.11. The van der Waals surface area contributed by atoms with Crippen LogP contribution in [0.5, 0.6) is 11.5 Å². The third-order valence-electron chi connectivity index (χ3n) is 3.22. The monoisotopic (exact) mass is 409 g/mol. The highest BCUT2D eigenvalue weighted by Crippen LogP contribution is 2.34. The summed E-state index contributed by atoms with van der Waals surface area (Å²) in [5.74, 6) is -1.10. The van der Waals surface area contributed by atoms with Crippen LogP contribution in [-0.4, -0.2) is 29.7 Å². The Morgan fingerprint density at radius 3 is 2.63 bits per heavy atom. The number of benzene rings is 2. The van der Waals surface area contributed by atoms with Gasteiger partial charge >= 0.3 is 0 Å². The van der Waals surface area contributed by atoms with E-state index in [1.165, 1.54) is 18.3 Å². The summed E-state index contributed by atoms with van der Waals surface area (Å²) in [7, 11) is 0. The van der Waals surface area contributed by atoms with Crippen LogP contribution in [-0.2, 0) is 9.59 Å². The van der Waals surface area contributed by atoms with Crippen LogP contribution in [0.1, 0.15) is 18.9 Å². The van der Waals surface area contributed by atoms with Gasteiger partial charge in [0.25, 0.3) is 0 Å². The fourth-order valence-corrected chi connectivity index (χ4v) is 2.46. The van der Waals surface area contributed by atoms with E-state index in [-0.39, 0.29) is 16.5 Å². The van der Waals surface area contributed by atoms with E-state index >= 15 is 0 Å². The number of carbonyl (C=O) groups is 2. The molecule has 9 heteroatoms. The smallest absolute Gasteiger partial charge is 0.249 e. The summed E-state index contributed by atoms with van der Waals surface area (Å²) >= 11 is 11.8. The number of aromatic hydroxyl groups is 1. The number of hydrogen-bond acceptors (Lipinski definition) is 5. The number of carbonyl (C=O) groups excluding carboxylic acids is 2. The fraction of sp³-hybridized carbons (Fsp3) is 0.167. The standard InChI is InChI=1S/C18H17Cl2N3O4/c1-2-27-15-8-11(7-13(20)18(15)26)10-21-23-17(25)9-16(24)22-14-6-4-3-5-12(14)19/h3-8,10,26H,2,9H2,1H3,(H,22,24)(H,23,25). The second kappa shape index (κ2) is 9.80. The molecule has 7 nitrogen and oxygen atoms in total. The molecule has 0 spiro atoms. The summed E-state index contributed by atoms with van der Waals surface area (Å²) in [4.78, 5) is 23.7. The highest BCUT2D eigenvalue weighted by atomic mass is 35.5. The average molecular weight is 410 g/mol. The summed E-state index contributed by atoms with van der Waals surface area (Å²) in [5, 5.41) is 16.5. The summed E-state index contributed by atoms with van der Waals surface area (Å²) < 4.78 is 5.26. The first-order valence-corrected chi connectivity index (χ1v) is 8.68. The molecule has 0 aliphatic rings. The van der Waals surface area contributed by atoms with Crippen LogP contribution in [0.2, 0.25) is 10.0 Å². The lowest BCUT2D eigenvalue weighted by Gasteiger charge is -2.08. The number of phenols is 1. The molecule has 0 saturated heterocycles. The van der Waals surface area contributed by atoms with Crippen LogP contribution < -0.4 is 15.5 Å². The molecule has 0 aliphatic carbocycles. The molecule has 0 aliphatic heterocycles. The fourth-order valence-electron chi connectivity index (χ4n) is 2.05. The maximum Gasteiger partial charge on any atom is 0.249 e. The number of para-hydroxylation sites is 1. The van der Waals surface area contributed by atoms with Gasteiger partial charge < -0.3 is 15.2 Å². The van der Waals surface area contributed by atoms with Gasteiger partial charge in [-0.25, -0.2) is 5.43 Å². The maximum absolute atomic E-state index is 11.9. The second-order valence-corrected chi connectivity index (χ2v) is 6.09. The minimum Gasteiger partial charge on any atom is -0.503 e. The molecule has 2 aromatic rings. The molecule has 142 valence electrons. The van der Waals surface area contributed by atoms with Crippen molar-refractivity contribution < 1.29 is 19.4 Å². The number of anilines is 1. The number of rotatable bonds is 7. The number of nitrogens with one attached hydrogen (secondary N) is 2. The Labute approximate surface area is 165 Å². The Kier molecular flexibility index (Phi) is 7.45. The van der Waals surface area contributed by atoms with Gasteiger partial charge in [0.1, 0.15) is 6.42 Å². The van der Waals surface area contributed by atoms with Crippen molar-refractivity contribution in [3.8, 4) is 11.5 Å². The number of ether oxygens (including phenoxy) is 1. The van der Waals surface area contributed by atoms with Crippen LogP contribution in [0.15, 0.2) is 41.5 Å². The first-order chi connectivity index (χ1) is 12.9. The van der Waals surface area contributed by atoms with Crippen molar-refractivity contribution in [2.45, 2.75) is 13.3 Å². The van der Waals surface area contributed by atoms with Crippen LogP contribution in [0.25, 0.3) is 0 Å². The largest absolute Gasteiger partial charge is 0.503 e. The Balaban J connectivity index is 1.91. The van der Waals surface area contributed by atoms with Gasteiger partial charge in [-0.3, -0.25) is 9.59 Å². The van der Waals surface area contributed by atoms with Gasteiger partial charge in [0.2, 0.25) is 11.8 Å². The zero-order chi connectivity index (χ0) is 19.8. The number of amides is 2. The summed E-state index contributed by atoms with van der Waals surface area (Å²) in [6, 6.07) is 9.67.